The van der Waals surface area contributed by atoms with Crippen molar-refractivity contribution in [3.63, 3.8) is 0 Å². The topological polar surface area (TPSA) is 64.0 Å². The molecular weight excluding hydrogens is 290 g/mol. The van der Waals surface area contributed by atoms with Gasteiger partial charge in [-0.2, -0.15) is 0 Å². The van der Waals surface area contributed by atoms with Crippen LogP contribution in [-0.4, -0.2) is 16.0 Å². The smallest absolute Gasteiger partial charge is 0.266 e. The normalized spacial score (nSPS) is 10.7. The molecule has 5 heteroatoms. The molecule has 1 heterocycles. The highest BCUT2D eigenvalue weighted by molar-refractivity contribution is 5.78. The SMILES string of the molecule is Cc1ccc(-n2c(CNC=O)nc3ccccc3c2=O)c(C)c1. The minimum atomic E-state index is -0.134. The van der Waals surface area contributed by atoms with Crippen LogP contribution < -0.4 is 10.9 Å². The summed E-state index contributed by atoms with van der Waals surface area (Å²) in [5.41, 5.74) is 3.38. The van der Waals surface area contributed by atoms with Gasteiger partial charge in [-0.3, -0.25) is 14.2 Å². The Bertz CT molecular complexity index is 945. The number of carbonyl (C=O) groups is 1. The fourth-order valence-electron chi connectivity index (χ4n) is 2.73. The molecule has 0 aliphatic rings. The third kappa shape index (κ3) is 2.73. The first-order valence-corrected chi connectivity index (χ1v) is 7.37. The molecule has 3 rings (SSSR count). The Kier molecular flexibility index (Phi) is 3.93. The van der Waals surface area contributed by atoms with Crippen molar-refractivity contribution in [2.45, 2.75) is 20.4 Å². The van der Waals surface area contributed by atoms with E-state index < -0.39 is 0 Å². The highest BCUT2D eigenvalue weighted by Crippen LogP contribution is 2.17. The van der Waals surface area contributed by atoms with Crippen LogP contribution >= 0.6 is 0 Å². The predicted octanol–water partition coefficient (Wildman–Crippen LogP) is 2.25. The van der Waals surface area contributed by atoms with Crippen LogP contribution in [-0.2, 0) is 11.3 Å². The highest BCUT2D eigenvalue weighted by atomic mass is 16.1. The van der Waals surface area contributed by atoms with E-state index in [0.717, 1.165) is 16.8 Å². The molecule has 1 aromatic heterocycles. The van der Waals surface area contributed by atoms with Crippen LogP contribution in [0, 0.1) is 13.8 Å². The Labute approximate surface area is 133 Å². The first-order valence-electron chi connectivity index (χ1n) is 7.37. The maximum Gasteiger partial charge on any atom is 0.266 e. The van der Waals surface area contributed by atoms with Gasteiger partial charge in [0, 0.05) is 0 Å². The second-order valence-corrected chi connectivity index (χ2v) is 5.47. The summed E-state index contributed by atoms with van der Waals surface area (Å²) in [6.45, 7) is 4.16. The largest absolute Gasteiger partial charge is 0.351 e. The van der Waals surface area contributed by atoms with Crippen LogP contribution in [0.25, 0.3) is 16.6 Å². The van der Waals surface area contributed by atoms with Gasteiger partial charge in [0.05, 0.1) is 23.1 Å². The summed E-state index contributed by atoms with van der Waals surface area (Å²) in [6.07, 6.45) is 0.605. The standard InChI is InChI=1S/C18H17N3O2/c1-12-7-8-16(13(2)9-12)21-17(10-19-11-22)20-15-6-4-3-5-14(15)18(21)23/h3-9,11H,10H2,1-2H3,(H,19,22). The summed E-state index contributed by atoms with van der Waals surface area (Å²) in [6, 6.07) is 13.1. The van der Waals surface area contributed by atoms with Gasteiger partial charge < -0.3 is 5.32 Å². The molecular formula is C18H17N3O2. The van der Waals surface area contributed by atoms with Gasteiger partial charge >= 0.3 is 0 Å². The number of fused-ring (bicyclic) bond motifs is 1. The molecule has 0 aliphatic carbocycles. The summed E-state index contributed by atoms with van der Waals surface area (Å²) in [5, 5.41) is 3.15. The summed E-state index contributed by atoms with van der Waals surface area (Å²) in [5.74, 6) is 0.507. The van der Waals surface area contributed by atoms with Crippen LogP contribution in [0.4, 0.5) is 0 Å². The van der Waals surface area contributed by atoms with Crippen LogP contribution in [0.15, 0.2) is 47.3 Å². The third-order valence-corrected chi connectivity index (χ3v) is 3.78. The van der Waals surface area contributed by atoms with Gasteiger partial charge in [-0.15, -0.1) is 0 Å². The van der Waals surface area contributed by atoms with Gasteiger partial charge in [-0.25, -0.2) is 4.98 Å². The van der Waals surface area contributed by atoms with Gasteiger partial charge in [-0.1, -0.05) is 29.8 Å². The number of aryl methyl sites for hydroxylation is 2. The molecule has 0 fully saturated rings. The van der Waals surface area contributed by atoms with E-state index in [1.54, 1.807) is 16.7 Å². The molecule has 0 saturated heterocycles. The average molecular weight is 307 g/mol. The Balaban J connectivity index is 2.34. The number of hydrogen-bond donors (Lipinski definition) is 1. The third-order valence-electron chi connectivity index (χ3n) is 3.78. The summed E-state index contributed by atoms with van der Waals surface area (Å²) < 4.78 is 1.58. The number of rotatable bonds is 4. The summed E-state index contributed by atoms with van der Waals surface area (Å²) in [7, 11) is 0. The summed E-state index contributed by atoms with van der Waals surface area (Å²) in [4.78, 5) is 28.2. The molecule has 0 saturated carbocycles. The van der Waals surface area contributed by atoms with E-state index in [2.05, 4.69) is 10.3 Å². The lowest BCUT2D eigenvalue weighted by Gasteiger charge is -2.15. The molecule has 2 aromatic carbocycles. The fourth-order valence-corrected chi connectivity index (χ4v) is 2.73. The predicted molar refractivity (Wildman–Crippen MR) is 89.7 cm³/mol. The fraction of sp³-hybridized carbons (Fsp3) is 0.167. The minimum absolute atomic E-state index is 0.134. The number of nitrogens with one attached hydrogen (secondary N) is 1. The molecule has 23 heavy (non-hydrogen) atoms. The van der Waals surface area contributed by atoms with Gasteiger partial charge in [0.2, 0.25) is 6.41 Å². The summed E-state index contributed by atoms with van der Waals surface area (Å²) >= 11 is 0. The first-order chi connectivity index (χ1) is 11.1. The molecule has 0 atom stereocenters. The molecule has 1 N–H and O–H groups in total. The van der Waals surface area contributed by atoms with Crippen LogP contribution in [0.2, 0.25) is 0 Å². The molecule has 0 aliphatic heterocycles. The second-order valence-electron chi connectivity index (χ2n) is 5.47. The maximum absolute atomic E-state index is 13.0. The molecule has 116 valence electrons. The van der Waals surface area contributed by atoms with Crippen LogP contribution in [0.5, 0.6) is 0 Å². The molecule has 1 amide bonds. The van der Waals surface area contributed by atoms with Crippen molar-refractivity contribution in [3.05, 3.63) is 69.8 Å². The number of nitrogens with zero attached hydrogens (tertiary/aromatic N) is 2. The molecule has 0 unspecified atom stereocenters. The van der Waals surface area contributed by atoms with Crippen molar-refractivity contribution in [2.24, 2.45) is 0 Å². The van der Waals surface area contributed by atoms with E-state index >= 15 is 0 Å². The molecule has 0 spiro atoms. The van der Waals surface area contributed by atoms with E-state index in [9.17, 15) is 9.59 Å². The monoisotopic (exact) mass is 307 g/mol. The van der Waals surface area contributed by atoms with E-state index in [-0.39, 0.29) is 12.1 Å². The van der Waals surface area contributed by atoms with Crippen molar-refractivity contribution in [3.8, 4) is 5.69 Å². The van der Waals surface area contributed by atoms with E-state index in [1.165, 1.54) is 0 Å². The number of benzene rings is 2. The quantitative estimate of drug-likeness (QED) is 0.752. The van der Waals surface area contributed by atoms with Crippen LogP contribution in [0.3, 0.4) is 0 Å². The first kappa shape index (κ1) is 15.0. The van der Waals surface area contributed by atoms with Crippen molar-refractivity contribution in [1.82, 2.24) is 14.9 Å². The number of amides is 1. The van der Waals surface area contributed by atoms with Gasteiger partial charge in [0.15, 0.2) is 0 Å². The minimum Gasteiger partial charge on any atom is -0.351 e. The molecule has 3 aromatic rings. The molecule has 0 bridgehead atoms. The van der Waals surface area contributed by atoms with Crippen molar-refractivity contribution < 1.29 is 4.79 Å². The Morgan fingerprint density at radius 1 is 1.17 bits per heavy atom. The van der Waals surface area contributed by atoms with E-state index in [4.69, 9.17) is 0 Å². The number of hydrogen-bond acceptors (Lipinski definition) is 3. The zero-order chi connectivity index (χ0) is 16.4. The molecule has 5 nitrogen and oxygen atoms in total. The van der Waals surface area contributed by atoms with E-state index in [1.807, 2.05) is 44.2 Å². The van der Waals surface area contributed by atoms with Crippen molar-refractivity contribution in [2.75, 3.05) is 0 Å². The Morgan fingerprint density at radius 3 is 2.70 bits per heavy atom. The lowest BCUT2D eigenvalue weighted by Crippen LogP contribution is -2.27. The number of aromatic nitrogens is 2. The second kappa shape index (κ2) is 6.04. The number of para-hydroxylation sites is 1. The highest BCUT2D eigenvalue weighted by Gasteiger charge is 2.13. The van der Waals surface area contributed by atoms with Gasteiger partial charge in [-0.05, 0) is 37.6 Å². The van der Waals surface area contributed by atoms with Crippen LogP contribution in [0.1, 0.15) is 17.0 Å². The number of carbonyl (C=O) groups excluding carboxylic acids is 1. The van der Waals surface area contributed by atoms with Crippen molar-refractivity contribution in [1.29, 1.82) is 0 Å². The van der Waals surface area contributed by atoms with E-state index in [0.29, 0.717) is 23.1 Å². The van der Waals surface area contributed by atoms with Gasteiger partial charge in [0.25, 0.3) is 5.56 Å². The molecule has 0 radical (unpaired) electrons. The zero-order valence-electron chi connectivity index (χ0n) is 13.0. The zero-order valence-corrected chi connectivity index (χ0v) is 13.0. The lowest BCUT2D eigenvalue weighted by atomic mass is 10.1. The lowest BCUT2D eigenvalue weighted by molar-refractivity contribution is -0.109. The van der Waals surface area contributed by atoms with Gasteiger partial charge in [0.1, 0.15) is 5.82 Å². The Hall–Kier alpha value is -2.95. The van der Waals surface area contributed by atoms with Crippen molar-refractivity contribution >= 4 is 17.3 Å². The Morgan fingerprint density at radius 2 is 1.96 bits per heavy atom. The average Bonchev–Trinajstić information content (AvgIpc) is 2.54. The maximum atomic E-state index is 13.0.